The molecule has 1 aromatic carbocycles. The molecule has 0 saturated heterocycles. The molecule has 1 aliphatic heterocycles. The summed E-state index contributed by atoms with van der Waals surface area (Å²) in [6.45, 7) is 2.21. The highest BCUT2D eigenvalue weighted by Crippen LogP contribution is 2.39. The van der Waals surface area contributed by atoms with Crippen LogP contribution in [-0.4, -0.2) is 38.8 Å². The Morgan fingerprint density at radius 2 is 2.06 bits per heavy atom. The third-order valence-electron chi connectivity index (χ3n) is 5.00. The smallest absolute Gasteiger partial charge is 0.203 e. The fourth-order valence-corrected chi connectivity index (χ4v) is 4.41. The molecule has 3 aromatic rings. The molecule has 1 unspecified atom stereocenters. The predicted molar refractivity (Wildman–Crippen MR) is 123 cm³/mol. The van der Waals surface area contributed by atoms with Gasteiger partial charge in [-0.3, -0.25) is 4.98 Å². The topological polar surface area (TPSA) is 67.4 Å². The van der Waals surface area contributed by atoms with Crippen LogP contribution < -0.4 is 20.7 Å². The lowest BCUT2D eigenvalue weighted by Gasteiger charge is -2.17. The number of fused-ring (bicyclic) bond motifs is 1. The van der Waals surface area contributed by atoms with Crippen LogP contribution in [0.5, 0.6) is 11.5 Å². The third-order valence-corrected chi connectivity index (χ3v) is 6.22. The highest BCUT2D eigenvalue weighted by atomic mass is 32.1. The van der Waals surface area contributed by atoms with Gasteiger partial charge in [0.15, 0.2) is 11.6 Å². The zero-order chi connectivity index (χ0) is 22.5. The predicted octanol–water partition coefficient (Wildman–Crippen LogP) is 4.73. The molecule has 0 saturated carbocycles. The second-order valence-electron chi connectivity index (χ2n) is 7.16. The summed E-state index contributed by atoms with van der Waals surface area (Å²) in [5, 5.41) is 9.31. The lowest BCUT2D eigenvalue weighted by atomic mass is 10.1. The Morgan fingerprint density at radius 1 is 1.19 bits per heavy atom. The minimum Gasteiger partial charge on any atom is -0.453 e. The normalized spacial score (nSPS) is 15.5. The Kier molecular flexibility index (Phi) is 6.99. The summed E-state index contributed by atoms with van der Waals surface area (Å²) in [7, 11) is 3.21. The van der Waals surface area contributed by atoms with E-state index in [0.29, 0.717) is 12.4 Å². The second kappa shape index (κ2) is 10.1. The lowest BCUT2D eigenvalue weighted by Crippen LogP contribution is -2.24. The van der Waals surface area contributed by atoms with Crippen molar-refractivity contribution in [1.29, 1.82) is 0 Å². The zero-order valence-electron chi connectivity index (χ0n) is 17.7. The molecule has 0 spiro atoms. The number of benzene rings is 1. The summed E-state index contributed by atoms with van der Waals surface area (Å²) in [4.78, 5) is 5.44. The third kappa shape index (κ3) is 4.74. The van der Waals surface area contributed by atoms with Gasteiger partial charge in [-0.15, -0.1) is 11.3 Å². The van der Waals surface area contributed by atoms with Gasteiger partial charge >= 0.3 is 0 Å². The van der Waals surface area contributed by atoms with Gasteiger partial charge in [-0.1, -0.05) is 12.2 Å². The molecule has 6 nitrogen and oxygen atoms in total. The standard InChI is InChI=1S/C23H24F2N4O2S/c1-26-16-5-6-18(22(25)21(16)24)31-19-7-8-28-17-11-20(32-23(17)19)15-4-3-14(13-29-15)12-27-9-10-30-2/h3-8,11,13,15,26-27,29H,9-10,12H2,1-2H3. The van der Waals surface area contributed by atoms with E-state index in [4.69, 9.17) is 9.47 Å². The maximum Gasteiger partial charge on any atom is 0.203 e. The molecule has 32 heavy (non-hydrogen) atoms. The van der Waals surface area contributed by atoms with Crippen LogP contribution in [0.4, 0.5) is 14.5 Å². The van der Waals surface area contributed by atoms with Crippen LogP contribution in [0.2, 0.25) is 0 Å². The first-order valence-electron chi connectivity index (χ1n) is 10.2. The molecule has 3 heterocycles. The molecule has 0 aliphatic carbocycles. The van der Waals surface area contributed by atoms with Gasteiger partial charge in [0.2, 0.25) is 5.82 Å². The molecule has 0 amide bonds. The molecule has 0 fully saturated rings. The zero-order valence-corrected chi connectivity index (χ0v) is 18.6. The van der Waals surface area contributed by atoms with E-state index in [9.17, 15) is 8.78 Å². The van der Waals surface area contributed by atoms with Crippen LogP contribution >= 0.6 is 11.3 Å². The number of nitrogens with one attached hydrogen (secondary N) is 3. The summed E-state index contributed by atoms with van der Waals surface area (Å²) in [5.74, 6) is -1.75. The van der Waals surface area contributed by atoms with Gasteiger partial charge in [0.1, 0.15) is 5.75 Å². The van der Waals surface area contributed by atoms with E-state index in [1.807, 2.05) is 12.3 Å². The number of ether oxygens (including phenoxy) is 2. The minimum atomic E-state index is -1.03. The first kappa shape index (κ1) is 22.2. The summed E-state index contributed by atoms with van der Waals surface area (Å²) in [6.07, 6.45) is 7.75. The molecule has 0 radical (unpaired) electrons. The average Bonchev–Trinajstić information content (AvgIpc) is 3.26. The summed E-state index contributed by atoms with van der Waals surface area (Å²) < 4.78 is 40.1. The summed E-state index contributed by atoms with van der Waals surface area (Å²) in [6, 6.07) is 6.47. The average molecular weight is 459 g/mol. The number of halogens is 2. The number of hydrogen-bond donors (Lipinski definition) is 3. The van der Waals surface area contributed by atoms with Crippen molar-refractivity contribution in [2.75, 3.05) is 39.2 Å². The second-order valence-corrected chi connectivity index (χ2v) is 8.24. The Morgan fingerprint density at radius 3 is 2.81 bits per heavy atom. The van der Waals surface area contributed by atoms with Gasteiger partial charge in [0, 0.05) is 50.6 Å². The van der Waals surface area contributed by atoms with Crippen molar-refractivity contribution < 1.29 is 18.3 Å². The first-order chi connectivity index (χ1) is 15.6. The van der Waals surface area contributed by atoms with E-state index in [2.05, 4.69) is 33.1 Å². The van der Waals surface area contributed by atoms with Gasteiger partial charge in [-0.05, 0) is 23.8 Å². The van der Waals surface area contributed by atoms with Crippen LogP contribution in [0.1, 0.15) is 10.9 Å². The number of dihydropyridines is 1. The van der Waals surface area contributed by atoms with Gasteiger partial charge in [-0.2, -0.15) is 4.39 Å². The molecule has 2 aromatic heterocycles. The maximum atomic E-state index is 14.4. The lowest BCUT2D eigenvalue weighted by molar-refractivity contribution is 0.200. The number of anilines is 1. The Labute approximate surface area is 189 Å². The quantitative estimate of drug-likeness (QED) is 0.403. The van der Waals surface area contributed by atoms with E-state index < -0.39 is 11.6 Å². The number of rotatable bonds is 9. The van der Waals surface area contributed by atoms with Crippen LogP contribution in [0.15, 0.2) is 54.4 Å². The summed E-state index contributed by atoms with van der Waals surface area (Å²) >= 11 is 1.50. The number of methoxy groups -OCH3 is 1. The number of thiophene rings is 1. The molecule has 1 aliphatic rings. The molecule has 0 bridgehead atoms. The Bertz CT molecular complexity index is 1160. The maximum absolute atomic E-state index is 14.4. The van der Waals surface area contributed by atoms with Crippen molar-refractivity contribution in [3.63, 3.8) is 0 Å². The molecular formula is C23H24F2N4O2S. The van der Waals surface area contributed by atoms with E-state index in [-0.39, 0.29) is 17.5 Å². The van der Waals surface area contributed by atoms with Crippen molar-refractivity contribution >= 4 is 27.2 Å². The van der Waals surface area contributed by atoms with Gasteiger partial charge in [0.25, 0.3) is 0 Å². The fourth-order valence-electron chi connectivity index (χ4n) is 3.30. The van der Waals surface area contributed by atoms with Crippen LogP contribution in [0, 0.1) is 11.6 Å². The first-order valence-corrected chi connectivity index (χ1v) is 11.0. The van der Waals surface area contributed by atoms with E-state index in [1.165, 1.54) is 30.5 Å². The van der Waals surface area contributed by atoms with Crippen molar-refractivity contribution in [3.05, 3.63) is 70.9 Å². The molecule has 1 atom stereocenters. The number of nitrogens with zero attached hydrogens (tertiary/aromatic N) is 1. The van der Waals surface area contributed by atoms with Crippen LogP contribution in [-0.2, 0) is 4.74 Å². The SMILES string of the molecule is CNc1ccc(Oc2ccnc3cc(C4C=CC(CNCCOC)=CN4)sc23)c(F)c1F. The molecule has 3 N–H and O–H groups in total. The number of hydrogen-bond acceptors (Lipinski definition) is 7. The highest BCUT2D eigenvalue weighted by Gasteiger charge is 2.19. The summed E-state index contributed by atoms with van der Waals surface area (Å²) in [5.41, 5.74) is 1.95. The largest absolute Gasteiger partial charge is 0.453 e. The monoisotopic (exact) mass is 458 g/mol. The van der Waals surface area contributed by atoms with E-state index >= 15 is 0 Å². The molecule has 9 heteroatoms. The van der Waals surface area contributed by atoms with Crippen molar-refractivity contribution in [3.8, 4) is 11.5 Å². The molecule has 168 valence electrons. The number of aromatic nitrogens is 1. The molecular weight excluding hydrogens is 434 g/mol. The van der Waals surface area contributed by atoms with Crippen molar-refractivity contribution in [2.45, 2.75) is 6.04 Å². The fraction of sp³-hybridized carbons (Fsp3) is 0.261. The van der Waals surface area contributed by atoms with Gasteiger partial charge < -0.3 is 25.4 Å². The van der Waals surface area contributed by atoms with Gasteiger partial charge in [0.05, 0.1) is 28.6 Å². The number of pyridine rings is 1. The van der Waals surface area contributed by atoms with Crippen LogP contribution in [0.25, 0.3) is 10.2 Å². The Hall–Kier alpha value is -3.01. The van der Waals surface area contributed by atoms with E-state index in [0.717, 1.165) is 33.8 Å². The minimum absolute atomic E-state index is 0.00568. The van der Waals surface area contributed by atoms with Crippen molar-refractivity contribution in [1.82, 2.24) is 15.6 Å². The van der Waals surface area contributed by atoms with Crippen LogP contribution in [0.3, 0.4) is 0 Å². The highest BCUT2D eigenvalue weighted by molar-refractivity contribution is 7.19. The van der Waals surface area contributed by atoms with Gasteiger partial charge in [-0.25, -0.2) is 4.39 Å². The molecule has 4 rings (SSSR count). The Balaban J connectivity index is 1.51. The van der Waals surface area contributed by atoms with Crippen molar-refractivity contribution in [2.24, 2.45) is 0 Å². The van der Waals surface area contributed by atoms with E-state index in [1.54, 1.807) is 19.4 Å².